The number of carbonyl (C=O) groups is 1. The number of hydrogen-bond donors (Lipinski definition) is 2. The van der Waals surface area contributed by atoms with Crippen molar-refractivity contribution in [2.75, 3.05) is 5.75 Å². The molecular weight excluding hydrogens is 306 g/mol. The molecule has 5 nitrogen and oxygen atoms in total. The van der Waals surface area contributed by atoms with Gasteiger partial charge in [-0.25, -0.2) is 4.98 Å². The lowest BCUT2D eigenvalue weighted by molar-refractivity contribution is -0.118. The summed E-state index contributed by atoms with van der Waals surface area (Å²) in [6.07, 6.45) is 2.65. The Balaban J connectivity index is 1.54. The Morgan fingerprint density at radius 3 is 3.19 bits per heavy atom. The first kappa shape index (κ1) is 14.3. The minimum absolute atomic E-state index is 0.0565. The van der Waals surface area contributed by atoms with Crippen LogP contribution in [-0.2, 0) is 24.2 Å². The molecule has 1 aliphatic rings. The lowest BCUT2D eigenvalue weighted by atomic mass is 10.3. The first-order chi connectivity index (χ1) is 10.2. The van der Waals surface area contributed by atoms with E-state index in [-0.39, 0.29) is 17.2 Å². The smallest absolute Gasteiger partial charge is 0.254 e. The van der Waals surface area contributed by atoms with Crippen molar-refractivity contribution in [2.45, 2.75) is 31.0 Å². The molecule has 3 rings (SSSR count). The van der Waals surface area contributed by atoms with Gasteiger partial charge in [0.2, 0.25) is 5.91 Å². The minimum atomic E-state index is -0.0588. The number of rotatable bonds is 5. The van der Waals surface area contributed by atoms with Gasteiger partial charge in [0.1, 0.15) is 0 Å². The Bertz CT molecular complexity index is 695. The molecule has 2 aromatic rings. The summed E-state index contributed by atoms with van der Waals surface area (Å²) in [5.41, 5.74) is 1.64. The number of carbonyl (C=O) groups excluding carboxylic acids is 1. The molecule has 110 valence electrons. The maximum atomic E-state index is 11.8. The van der Waals surface area contributed by atoms with Crippen molar-refractivity contribution in [2.24, 2.45) is 0 Å². The number of amides is 1. The maximum Gasteiger partial charge on any atom is 0.254 e. The third kappa shape index (κ3) is 3.54. The van der Waals surface area contributed by atoms with E-state index in [1.54, 1.807) is 11.3 Å². The Labute approximate surface area is 130 Å². The molecule has 1 amide bonds. The molecule has 0 bridgehead atoms. The number of nitrogens with zero attached hydrogens (tertiary/aromatic N) is 1. The SMILES string of the molecule is O=C(CSc1nc2c(c(=O)[nH]1)CCC2)NCc1cccs1. The molecule has 2 N–H and O–H groups in total. The van der Waals surface area contributed by atoms with Crippen LogP contribution in [0.25, 0.3) is 0 Å². The largest absolute Gasteiger partial charge is 0.350 e. The van der Waals surface area contributed by atoms with Crippen molar-refractivity contribution >= 4 is 29.0 Å². The Morgan fingerprint density at radius 2 is 2.38 bits per heavy atom. The zero-order chi connectivity index (χ0) is 14.7. The van der Waals surface area contributed by atoms with Gasteiger partial charge in [-0.3, -0.25) is 9.59 Å². The van der Waals surface area contributed by atoms with Crippen LogP contribution in [0.1, 0.15) is 22.6 Å². The highest BCUT2D eigenvalue weighted by Crippen LogP contribution is 2.19. The molecule has 0 spiro atoms. The molecule has 1 aliphatic carbocycles. The molecule has 7 heteroatoms. The van der Waals surface area contributed by atoms with Crippen LogP contribution in [0.2, 0.25) is 0 Å². The summed E-state index contributed by atoms with van der Waals surface area (Å²) in [6, 6.07) is 3.94. The van der Waals surface area contributed by atoms with Gasteiger partial charge in [0.15, 0.2) is 5.16 Å². The Morgan fingerprint density at radius 1 is 1.48 bits per heavy atom. The fraction of sp³-hybridized carbons (Fsp3) is 0.357. The minimum Gasteiger partial charge on any atom is -0.350 e. The Hall–Kier alpha value is -1.60. The van der Waals surface area contributed by atoms with E-state index in [4.69, 9.17) is 0 Å². The number of thioether (sulfide) groups is 1. The van der Waals surface area contributed by atoms with E-state index >= 15 is 0 Å². The van der Waals surface area contributed by atoms with E-state index in [0.717, 1.165) is 35.4 Å². The van der Waals surface area contributed by atoms with Gasteiger partial charge in [-0.05, 0) is 30.7 Å². The van der Waals surface area contributed by atoms with E-state index < -0.39 is 0 Å². The summed E-state index contributed by atoms with van der Waals surface area (Å²) in [7, 11) is 0. The average molecular weight is 321 g/mol. The standard InChI is InChI=1S/C14H15N3O2S2/c18-12(15-7-9-3-2-6-20-9)8-21-14-16-11-5-1-4-10(11)13(19)17-14/h2-3,6H,1,4-5,7-8H2,(H,15,18)(H,16,17,19). The van der Waals surface area contributed by atoms with Gasteiger partial charge in [-0.2, -0.15) is 0 Å². The summed E-state index contributed by atoms with van der Waals surface area (Å²) < 4.78 is 0. The highest BCUT2D eigenvalue weighted by Gasteiger charge is 2.17. The van der Waals surface area contributed by atoms with Crippen LogP contribution < -0.4 is 10.9 Å². The van der Waals surface area contributed by atoms with Crippen molar-refractivity contribution in [1.29, 1.82) is 0 Å². The summed E-state index contributed by atoms with van der Waals surface area (Å²) in [5, 5.41) is 5.37. The maximum absolute atomic E-state index is 11.8. The first-order valence-corrected chi connectivity index (χ1v) is 8.63. The second kappa shape index (κ2) is 6.44. The van der Waals surface area contributed by atoms with E-state index in [2.05, 4.69) is 15.3 Å². The number of thiophene rings is 1. The monoisotopic (exact) mass is 321 g/mol. The number of aromatic amines is 1. The van der Waals surface area contributed by atoms with E-state index in [1.807, 2.05) is 17.5 Å². The van der Waals surface area contributed by atoms with Gasteiger partial charge in [0, 0.05) is 10.4 Å². The molecular formula is C14H15N3O2S2. The van der Waals surface area contributed by atoms with Gasteiger partial charge in [0.25, 0.3) is 5.56 Å². The quantitative estimate of drug-likeness (QED) is 0.650. The van der Waals surface area contributed by atoms with Crippen LogP contribution in [0.4, 0.5) is 0 Å². The molecule has 0 fully saturated rings. The molecule has 21 heavy (non-hydrogen) atoms. The molecule has 0 saturated carbocycles. The van der Waals surface area contributed by atoms with Gasteiger partial charge < -0.3 is 10.3 Å². The highest BCUT2D eigenvalue weighted by molar-refractivity contribution is 7.99. The van der Waals surface area contributed by atoms with Crippen molar-refractivity contribution in [3.63, 3.8) is 0 Å². The molecule has 0 radical (unpaired) electrons. The number of nitrogens with one attached hydrogen (secondary N) is 2. The number of hydrogen-bond acceptors (Lipinski definition) is 5. The van der Waals surface area contributed by atoms with Gasteiger partial charge >= 0.3 is 0 Å². The Kier molecular flexibility index (Phi) is 4.40. The van der Waals surface area contributed by atoms with Crippen LogP contribution >= 0.6 is 23.1 Å². The molecule has 2 aromatic heterocycles. The second-order valence-electron chi connectivity index (χ2n) is 4.79. The molecule has 0 unspecified atom stereocenters. The number of aromatic nitrogens is 2. The van der Waals surface area contributed by atoms with Crippen LogP contribution in [0.3, 0.4) is 0 Å². The van der Waals surface area contributed by atoms with Crippen molar-refractivity contribution in [3.05, 3.63) is 44.0 Å². The highest BCUT2D eigenvalue weighted by atomic mass is 32.2. The van der Waals surface area contributed by atoms with Crippen molar-refractivity contribution in [1.82, 2.24) is 15.3 Å². The van der Waals surface area contributed by atoms with Crippen LogP contribution in [0.15, 0.2) is 27.5 Å². The first-order valence-electron chi connectivity index (χ1n) is 6.76. The fourth-order valence-electron chi connectivity index (χ4n) is 2.27. The van der Waals surface area contributed by atoms with Gasteiger partial charge in [-0.15, -0.1) is 11.3 Å². The zero-order valence-electron chi connectivity index (χ0n) is 11.3. The summed E-state index contributed by atoms with van der Waals surface area (Å²) in [5.74, 6) is 0.198. The lowest BCUT2D eigenvalue weighted by Crippen LogP contribution is -2.24. The second-order valence-corrected chi connectivity index (χ2v) is 6.79. The lowest BCUT2D eigenvalue weighted by Gasteiger charge is -2.05. The van der Waals surface area contributed by atoms with Crippen molar-refractivity contribution < 1.29 is 4.79 Å². The molecule has 0 aliphatic heterocycles. The number of aryl methyl sites for hydroxylation is 1. The van der Waals surface area contributed by atoms with Crippen LogP contribution in [0.5, 0.6) is 0 Å². The molecule has 0 saturated heterocycles. The third-order valence-corrected chi connectivity index (χ3v) is 5.05. The summed E-state index contributed by atoms with van der Waals surface area (Å²) >= 11 is 2.88. The van der Waals surface area contributed by atoms with Crippen molar-refractivity contribution in [3.8, 4) is 0 Å². The average Bonchev–Trinajstić information content (AvgIpc) is 3.14. The topological polar surface area (TPSA) is 74.8 Å². The zero-order valence-corrected chi connectivity index (χ0v) is 13.0. The van der Waals surface area contributed by atoms with Gasteiger partial charge in [-0.1, -0.05) is 17.8 Å². The summed E-state index contributed by atoms with van der Waals surface area (Å²) in [4.78, 5) is 31.9. The van der Waals surface area contributed by atoms with E-state index in [0.29, 0.717) is 11.7 Å². The molecule has 0 aromatic carbocycles. The van der Waals surface area contributed by atoms with Gasteiger partial charge in [0.05, 0.1) is 18.0 Å². The van der Waals surface area contributed by atoms with E-state index in [9.17, 15) is 9.59 Å². The van der Waals surface area contributed by atoms with E-state index in [1.165, 1.54) is 11.8 Å². The third-order valence-electron chi connectivity index (χ3n) is 3.30. The predicted molar refractivity (Wildman–Crippen MR) is 83.8 cm³/mol. The summed E-state index contributed by atoms with van der Waals surface area (Å²) in [6.45, 7) is 0.547. The fourth-order valence-corrected chi connectivity index (χ4v) is 3.63. The predicted octanol–water partition coefficient (Wildman–Crippen LogP) is 1.73. The van der Waals surface area contributed by atoms with Crippen LogP contribution in [-0.4, -0.2) is 21.6 Å². The number of H-pyrrole nitrogens is 1. The molecule has 0 atom stereocenters. The number of fused-ring (bicyclic) bond motifs is 1. The van der Waals surface area contributed by atoms with Crippen LogP contribution in [0, 0.1) is 0 Å². The normalized spacial score (nSPS) is 13.1. The molecule has 2 heterocycles.